The Morgan fingerprint density at radius 1 is 1.07 bits per heavy atom. The highest BCUT2D eigenvalue weighted by Crippen LogP contribution is 2.32. The summed E-state index contributed by atoms with van der Waals surface area (Å²) in [6, 6.07) is 16.4. The first-order chi connectivity index (χ1) is 14.1. The van der Waals surface area contributed by atoms with E-state index in [2.05, 4.69) is 9.88 Å². The van der Waals surface area contributed by atoms with Crippen molar-refractivity contribution in [1.29, 1.82) is 0 Å². The van der Waals surface area contributed by atoms with Gasteiger partial charge in [-0.1, -0.05) is 29.3 Å². The van der Waals surface area contributed by atoms with Gasteiger partial charge in [-0.3, -0.25) is 0 Å². The highest BCUT2D eigenvalue weighted by atomic mass is 35.5. The van der Waals surface area contributed by atoms with Crippen molar-refractivity contribution in [2.24, 2.45) is 0 Å². The van der Waals surface area contributed by atoms with E-state index in [4.69, 9.17) is 32.7 Å². The van der Waals surface area contributed by atoms with E-state index in [0.29, 0.717) is 34.0 Å². The lowest BCUT2D eigenvalue weighted by Crippen LogP contribution is -2.25. The fourth-order valence-electron chi connectivity index (χ4n) is 3.39. The van der Waals surface area contributed by atoms with Crippen molar-refractivity contribution in [1.82, 2.24) is 4.98 Å². The van der Waals surface area contributed by atoms with Crippen LogP contribution in [0.4, 0.5) is 5.69 Å². The van der Waals surface area contributed by atoms with Crippen LogP contribution in [0, 0.1) is 0 Å². The summed E-state index contributed by atoms with van der Waals surface area (Å²) in [6.45, 7) is 1.42. The Hall–Kier alpha value is -2.47. The predicted molar refractivity (Wildman–Crippen MR) is 114 cm³/mol. The zero-order valence-electron chi connectivity index (χ0n) is 15.6. The Balaban J connectivity index is 1.46. The van der Waals surface area contributed by atoms with Crippen molar-refractivity contribution in [2.75, 3.05) is 18.0 Å². The van der Waals surface area contributed by atoms with E-state index in [1.807, 2.05) is 30.3 Å². The summed E-state index contributed by atoms with van der Waals surface area (Å²) >= 11 is 12.2. The quantitative estimate of drug-likeness (QED) is 0.572. The number of benzene rings is 2. The summed E-state index contributed by atoms with van der Waals surface area (Å²) in [5.74, 6) is 1.75. The summed E-state index contributed by atoms with van der Waals surface area (Å²) in [5, 5.41) is 11.0. The Morgan fingerprint density at radius 3 is 2.72 bits per heavy atom. The molecule has 1 aromatic heterocycles. The van der Waals surface area contributed by atoms with Crippen molar-refractivity contribution in [3.8, 4) is 17.4 Å². The maximum Gasteiger partial charge on any atom is 0.232 e. The van der Waals surface area contributed by atoms with Crippen LogP contribution >= 0.6 is 23.2 Å². The molecule has 0 spiro atoms. The molecule has 1 saturated heterocycles. The minimum atomic E-state index is -0.0871. The standard InChI is InChI=1S/C22H20Cl2N2O3/c23-16-3-1-4-17(12-16)28-18-6-7-21(15(11-18)14-27)26-10-8-19(13-26)29-22-20(24)5-2-9-25-22/h1-7,9,11-12,19,27H,8,10,13-14H2. The molecule has 1 fully saturated rings. The molecule has 1 unspecified atom stereocenters. The molecule has 2 aromatic carbocycles. The number of rotatable bonds is 6. The molecule has 0 radical (unpaired) electrons. The number of halogens is 2. The van der Waals surface area contributed by atoms with E-state index in [-0.39, 0.29) is 12.7 Å². The van der Waals surface area contributed by atoms with Crippen LogP contribution in [0.15, 0.2) is 60.8 Å². The number of aromatic nitrogens is 1. The molecule has 150 valence electrons. The Morgan fingerprint density at radius 2 is 1.93 bits per heavy atom. The second-order valence-corrected chi connectivity index (χ2v) is 7.62. The summed E-state index contributed by atoms with van der Waals surface area (Å²) in [5.41, 5.74) is 1.75. The lowest BCUT2D eigenvalue weighted by molar-refractivity contribution is 0.216. The summed E-state index contributed by atoms with van der Waals surface area (Å²) in [6.07, 6.45) is 2.49. The normalized spacial score (nSPS) is 16.1. The Labute approximate surface area is 179 Å². The lowest BCUT2D eigenvalue weighted by Gasteiger charge is -2.22. The van der Waals surface area contributed by atoms with E-state index in [1.54, 1.807) is 30.5 Å². The van der Waals surface area contributed by atoms with Gasteiger partial charge in [0.05, 0.1) is 13.2 Å². The second-order valence-electron chi connectivity index (χ2n) is 6.77. The number of nitrogens with zero attached hydrogens (tertiary/aromatic N) is 2. The monoisotopic (exact) mass is 430 g/mol. The van der Waals surface area contributed by atoms with Crippen LogP contribution < -0.4 is 14.4 Å². The van der Waals surface area contributed by atoms with Gasteiger partial charge in [0.1, 0.15) is 22.6 Å². The molecule has 1 N–H and O–H groups in total. The number of aliphatic hydroxyl groups is 1. The maximum absolute atomic E-state index is 9.89. The van der Waals surface area contributed by atoms with Crippen LogP contribution in [0.2, 0.25) is 10.0 Å². The summed E-state index contributed by atoms with van der Waals surface area (Å²) in [7, 11) is 0. The van der Waals surface area contributed by atoms with Crippen molar-refractivity contribution >= 4 is 28.9 Å². The first-order valence-electron chi connectivity index (χ1n) is 9.31. The van der Waals surface area contributed by atoms with Crippen LogP contribution in [0.1, 0.15) is 12.0 Å². The molecule has 5 nitrogen and oxygen atoms in total. The van der Waals surface area contributed by atoms with E-state index in [0.717, 1.165) is 24.2 Å². The van der Waals surface area contributed by atoms with E-state index < -0.39 is 0 Å². The summed E-state index contributed by atoms with van der Waals surface area (Å²) < 4.78 is 11.8. The van der Waals surface area contributed by atoms with Gasteiger partial charge in [0.15, 0.2) is 0 Å². The first kappa shape index (κ1) is 19.8. The van der Waals surface area contributed by atoms with Gasteiger partial charge in [0.25, 0.3) is 0 Å². The molecule has 0 aliphatic carbocycles. The molecule has 0 amide bonds. The van der Waals surface area contributed by atoms with Gasteiger partial charge < -0.3 is 19.5 Å². The predicted octanol–water partition coefficient (Wildman–Crippen LogP) is 5.33. The molecule has 3 aromatic rings. The van der Waals surface area contributed by atoms with Crippen LogP contribution in [0.5, 0.6) is 17.4 Å². The molecule has 2 heterocycles. The van der Waals surface area contributed by atoms with Crippen LogP contribution in [0.3, 0.4) is 0 Å². The van der Waals surface area contributed by atoms with Gasteiger partial charge in [-0.2, -0.15) is 0 Å². The van der Waals surface area contributed by atoms with Crippen molar-refractivity contribution in [3.05, 3.63) is 76.4 Å². The molecule has 7 heteroatoms. The van der Waals surface area contributed by atoms with Crippen molar-refractivity contribution < 1.29 is 14.6 Å². The number of hydrogen-bond acceptors (Lipinski definition) is 5. The molecular weight excluding hydrogens is 411 g/mol. The fraction of sp³-hybridized carbons (Fsp3) is 0.227. The van der Waals surface area contributed by atoms with Gasteiger partial charge in [-0.15, -0.1) is 0 Å². The third-order valence-electron chi connectivity index (χ3n) is 4.74. The van der Waals surface area contributed by atoms with E-state index in [1.165, 1.54) is 0 Å². The fourth-order valence-corrected chi connectivity index (χ4v) is 3.73. The van der Waals surface area contributed by atoms with E-state index in [9.17, 15) is 5.11 Å². The molecule has 1 aliphatic heterocycles. The van der Waals surface area contributed by atoms with Crippen LogP contribution in [-0.4, -0.2) is 29.3 Å². The average Bonchev–Trinajstić information content (AvgIpc) is 3.18. The molecule has 0 saturated carbocycles. The number of pyridine rings is 1. The smallest absolute Gasteiger partial charge is 0.232 e. The topological polar surface area (TPSA) is 54.8 Å². The molecule has 29 heavy (non-hydrogen) atoms. The number of hydrogen-bond donors (Lipinski definition) is 1. The molecule has 4 rings (SSSR count). The molecule has 1 atom stereocenters. The highest BCUT2D eigenvalue weighted by molar-refractivity contribution is 6.31. The largest absolute Gasteiger partial charge is 0.471 e. The number of ether oxygens (including phenoxy) is 2. The van der Waals surface area contributed by atoms with Crippen LogP contribution in [0.25, 0.3) is 0 Å². The minimum Gasteiger partial charge on any atom is -0.471 e. The zero-order valence-corrected chi connectivity index (χ0v) is 17.1. The SMILES string of the molecule is OCc1cc(Oc2cccc(Cl)c2)ccc1N1CCC(Oc2ncccc2Cl)C1. The van der Waals surface area contributed by atoms with E-state index >= 15 is 0 Å². The molecule has 0 bridgehead atoms. The third kappa shape index (κ3) is 4.75. The minimum absolute atomic E-state index is 0.0173. The third-order valence-corrected chi connectivity index (χ3v) is 5.26. The Bertz CT molecular complexity index is 999. The van der Waals surface area contributed by atoms with Crippen molar-refractivity contribution in [2.45, 2.75) is 19.1 Å². The molecule has 1 aliphatic rings. The van der Waals surface area contributed by atoms with Gasteiger partial charge in [-0.05, 0) is 48.5 Å². The number of aliphatic hydroxyl groups excluding tert-OH is 1. The average molecular weight is 431 g/mol. The van der Waals surface area contributed by atoms with Crippen LogP contribution in [-0.2, 0) is 6.61 Å². The summed E-state index contributed by atoms with van der Waals surface area (Å²) in [4.78, 5) is 6.38. The van der Waals surface area contributed by atoms with Crippen molar-refractivity contribution in [3.63, 3.8) is 0 Å². The van der Waals surface area contributed by atoms with Gasteiger partial charge >= 0.3 is 0 Å². The molecular formula is C22H20Cl2N2O3. The highest BCUT2D eigenvalue weighted by Gasteiger charge is 2.26. The first-order valence-corrected chi connectivity index (χ1v) is 10.1. The lowest BCUT2D eigenvalue weighted by atomic mass is 10.1. The number of anilines is 1. The second kappa shape index (κ2) is 8.91. The van der Waals surface area contributed by atoms with Gasteiger partial charge in [0, 0.05) is 35.4 Å². The maximum atomic E-state index is 9.89. The Kier molecular flexibility index (Phi) is 6.09. The van der Waals surface area contributed by atoms with Gasteiger partial charge in [0.2, 0.25) is 5.88 Å². The van der Waals surface area contributed by atoms with Gasteiger partial charge in [-0.25, -0.2) is 4.98 Å². The zero-order chi connectivity index (χ0) is 20.2.